The van der Waals surface area contributed by atoms with Crippen molar-refractivity contribution in [2.75, 3.05) is 26.2 Å². The second-order valence-electron chi connectivity index (χ2n) is 3.67. The number of β-amino-alcohol motifs (C(OH)–C–C–N with tert-alkyl or cyclic N) is 1. The third-order valence-electron chi connectivity index (χ3n) is 3.11. The predicted octanol–water partition coefficient (Wildman–Crippen LogP) is 1.20. The minimum Gasteiger partial charge on any atom is -0.395 e. The van der Waals surface area contributed by atoms with E-state index in [9.17, 15) is 0 Å². The Morgan fingerprint density at radius 1 is 1.23 bits per heavy atom. The van der Waals surface area contributed by atoms with Gasteiger partial charge in [0.1, 0.15) is 0 Å². The number of hydrogen-bond donors (Lipinski definition) is 1. The fourth-order valence-corrected chi connectivity index (χ4v) is 2.23. The maximum absolute atomic E-state index is 8.65. The predicted molar refractivity (Wildman–Crippen MR) is 51.0 cm³/mol. The van der Waals surface area contributed by atoms with Crippen LogP contribution >= 0.6 is 0 Å². The van der Waals surface area contributed by atoms with E-state index in [1.165, 1.54) is 13.1 Å². The molecule has 1 N–H and O–H groups in total. The van der Waals surface area contributed by atoms with Crippen molar-refractivity contribution in [3.63, 3.8) is 0 Å². The molecule has 0 amide bonds. The van der Waals surface area contributed by atoms with Crippen molar-refractivity contribution in [1.82, 2.24) is 4.90 Å². The Bertz CT molecular complexity index is 131. The summed E-state index contributed by atoms with van der Waals surface area (Å²) in [4.78, 5) is 2.37. The number of rotatable bonds is 2. The van der Waals surface area contributed by atoms with Gasteiger partial charge in [0.2, 0.25) is 0 Å². The number of nitrogens with zero attached hydrogens (tertiary/aromatic N) is 1. The SMILES string of the molecule is CC.CC1C2CN(CCO)CC12.[V]. The second-order valence-corrected chi connectivity index (χ2v) is 3.67. The van der Waals surface area contributed by atoms with E-state index >= 15 is 0 Å². The Balaban J connectivity index is 0.000000451. The van der Waals surface area contributed by atoms with E-state index in [1.807, 2.05) is 13.8 Å². The maximum Gasteiger partial charge on any atom is 0.0558 e. The van der Waals surface area contributed by atoms with Crippen molar-refractivity contribution >= 4 is 0 Å². The van der Waals surface area contributed by atoms with Gasteiger partial charge in [-0.3, -0.25) is 0 Å². The minimum atomic E-state index is 0. The van der Waals surface area contributed by atoms with Crippen LogP contribution in [0.1, 0.15) is 20.8 Å². The largest absolute Gasteiger partial charge is 0.395 e. The standard InChI is InChI=1S/C8H15NO.C2H6.V/c1-6-7-4-9(2-3-10)5-8(6)7;1-2;/h6-8,10H,2-5H2,1H3;1-2H3;. The van der Waals surface area contributed by atoms with E-state index in [-0.39, 0.29) is 18.6 Å². The van der Waals surface area contributed by atoms with Crippen LogP contribution in [-0.4, -0.2) is 36.2 Å². The summed E-state index contributed by atoms with van der Waals surface area (Å²) in [6.07, 6.45) is 0. The van der Waals surface area contributed by atoms with E-state index in [0.29, 0.717) is 6.61 Å². The zero-order chi connectivity index (χ0) is 9.14. The first kappa shape index (κ1) is 13.5. The molecular formula is C10H21NOV. The first-order chi connectivity index (χ1) is 5.83. The molecule has 2 nitrogen and oxygen atoms in total. The minimum absolute atomic E-state index is 0. The molecule has 2 aliphatic rings. The molecule has 1 aliphatic heterocycles. The van der Waals surface area contributed by atoms with Gasteiger partial charge in [-0.1, -0.05) is 20.8 Å². The zero-order valence-electron chi connectivity index (χ0n) is 8.90. The summed E-state index contributed by atoms with van der Waals surface area (Å²) >= 11 is 0. The van der Waals surface area contributed by atoms with E-state index < -0.39 is 0 Å². The van der Waals surface area contributed by atoms with Crippen molar-refractivity contribution < 1.29 is 23.7 Å². The molecule has 1 aliphatic carbocycles. The average Bonchev–Trinajstić information content (AvgIpc) is 2.53. The molecule has 0 aromatic rings. The van der Waals surface area contributed by atoms with Crippen LogP contribution in [0, 0.1) is 17.8 Å². The Hall–Kier alpha value is 0.504. The monoisotopic (exact) mass is 222 g/mol. The smallest absolute Gasteiger partial charge is 0.0558 e. The first-order valence-corrected chi connectivity index (χ1v) is 5.16. The third kappa shape index (κ3) is 2.98. The van der Waals surface area contributed by atoms with Gasteiger partial charge in [-0.15, -0.1) is 0 Å². The molecule has 0 aromatic heterocycles. The van der Waals surface area contributed by atoms with Crippen LogP contribution in [0.15, 0.2) is 0 Å². The summed E-state index contributed by atoms with van der Waals surface area (Å²) in [5.41, 5.74) is 0. The van der Waals surface area contributed by atoms with Gasteiger partial charge in [0.15, 0.2) is 0 Å². The molecule has 2 unspecified atom stereocenters. The molecule has 13 heavy (non-hydrogen) atoms. The van der Waals surface area contributed by atoms with Crippen LogP contribution in [0.5, 0.6) is 0 Å². The van der Waals surface area contributed by atoms with E-state index in [0.717, 1.165) is 24.3 Å². The fourth-order valence-electron chi connectivity index (χ4n) is 2.23. The Labute approximate surface area is 93.6 Å². The molecule has 77 valence electrons. The van der Waals surface area contributed by atoms with Crippen LogP contribution in [0.2, 0.25) is 0 Å². The normalized spacial score (nSPS) is 35.5. The Kier molecular flexibility index (Phi) is 6.31. The van der Waals surface area contributed by atoms with Gasteiger partial charge in [-0.25, -0.2) is 0 Å². The van der Waals surface area contributed by atoms with Crippen molar-refractivity contribution in [3.8, 4) is 0 Å². The molecule has 1 saturated carbocycles. The van der Waals surface area contributed by atoms with E-state index in [4.69, 9.17) is 5.11 Å². The number of hydrogen-bond acceptors (Lipinski definition) is 2. The molecule has 1 radical (unpaired) electrons. The van der Waals surface area contributed by atoms with Gasteiger partial charge in [0.25, 0.3) is 0 Å². The van der Waals surface area contributed by atoms with Gasteiger partial charge in [0, 0.05) is 38.2 Å². The quantitative estimate of drug-likeness (QED) is 0.759. The number of piperidine rings is 1. The average molecular weight is 222 g/mol. The van der Waals surface area contributed by atoms with Crippen molar-refractivity contribution in [1.29, 1.82) is 0 Å². The summed E-state index contributed by atoms with van der Waals surface area (Å²) in [7, 11) is 0. The van der Waals surface area contributed by atoms with Crippen molar-refractivity contribution in [2.24, 2.45) is 17.8 Å². The molecule has 1 saturated heterocycles. The fraction of sp³-hybridized carbons (Fsp3) is 1.00. The molecule has 2 fully saturated rings. The Morgan fingerprint density at radius 2 is 1.69 bits per heavy atom. The van der Waals surface area contributed by atoms with Crippen molar-refractivity contribution in [2.45, 2.75) is 20.8 Å². The summed E-state index contributed by atoms with van der Waals surface area (Å²) in [6, 6.07) is 0. The molecule has 2 atom stereocenters. The van der Waals surface area contributed by atoms with Gasteiger partial charge >= 0.3 is 0 Å². The van der Waals surface area contributed by atoms with Crippen molar-refractivity contribution in [3.05, 3.63) is 0 Å². The van der Waals surface area contributed by atoms with Crippen LogP contribution in [0.4, 0.5) is 0 Å². The van der Waals surface area contributed by atoms with Gasteiger partial charge in [-0.05, 0) is 17.8 Å². The van der Waals surface area contributed by atoms with E-state index in [2.05, 4.69) is 11.8 Å². The van der Waals surface area contributed by atoms with Gasteiger partial charge < -0.3 is 10.0 Å². The molecule has 2 rings (SSSR count). The molecule has 0 aromatic carbocycles. The molecule has 0 spiro atoms. The van der Waals surface area contributed by atoms with Gasteiger partial charge in [0.05, 0.1) is 6.61 Å². The summed E-state index contributed by atoms with van der Waals surface area (Å²) in [5.74, 6) is 2.94. The molecule has 0 bridgehead atoms. The summed E-state index contributed by atoms with van der Waals surface area (Å²) < 4.78 is 0. The van der Waals surface area contributed by atoms with Crippen LogP contribution in [0.25, 0.3) is 0 Å². The molecule has 3 heteroatoms. The first-order valence-electron chi connectivity index (χ1n) is 5.16. The van der Waals surface area contributed by atoms with Crippen LogP contribution < -0.4 is 0 Å². The zero-order valence-corrected chi connectivity index (χ0v) is 10.3. The Morgan fingerprint density at radius 3 is 2.08 bits per heavy atom. The topological polar surface area (TPSA) is 23.5 Å². The number of fused-ring (bicyclic) bond motifs is 1. The van der Waals surface area contributed by atoms with Crippen LogP contribution in [0.3, 0.4) is 0 Å². The number of likely N-dealkylation sites (tertiary alicyclic amines) is 1. The summed E-state index contributed by atoms with van der Waals surface area (Å²) in [5, 5.41) is 8.65. The van der Waals surface area contributed by atoms with Crippen LogP contribution in [-0.2, 0) is 18.6 Å². The number of aliphatic hydroxyl groups excluding tert-OH is 1. The van der Waals surface area contributed by atoms with E-state index in [1.54, 1.807) is 0 Å². The third-order valence-corrected chi connectivity index (χ3v) is 3.11. The maximum atomic E-state index is 8.65. The van der Waals surface area contributed by atoms with Gasteiger partial charge in [-0.2, -0.15) is 0 Å². The molecular weight excluding hydrogens is 201 g/mol. The number of aliphatic hydroxyl groups is 1. The molecule has 1 heterocycles. The summed E-state index contributed by atoms with van der Waals surface area (Å²) in [6.45, 7) is 10.0. The second kappa shape index (κ2) is 6.08.